The van der Waals surface area contributed by atoms with Crippen molar-refractivity contribution in [3.05, 3.63) is 41.3 Å². The van der Waals surface area contributed by atoms with Crippen LogP contribution < -0.4 is 4.90 Å². The van der Waals surface area contributed by atoms with Gasteiger partial charge in [-0.05, 0) is 19.1 Å². The summed E-state index contributed by atoms with van der Waals surface area (Å²) in [6, 6.07) is 9.96. The van der Waals surface area contributed by atoms with E-state index >= 15 is 0 Å². The maximum atomic E-state index is 5.92. The molecule has 2 rings (SSSR count). The molecule has 0 atom stereocenters. The monoisotopic (exact) mass is 247 g/mol. The molecule has 3 nitrogen and oxygen atoms in total. The van der Waals surface area contributed by atoms with Crippen LogP contribution in [0.25, 0.3) is 11.3 Å². The van der Waals surface area contributed by atoms with Crippen LogP contribution in [0.15, 0.2) is 30.3 Å². The minimum Gasteiger partial charge on any atom is -0.378 e. The van der Waals surface area contributed by atoms with Crippen LogP contribution in [0.3, 0.4) is 0 Å². The number of anilines is 1. The van der Waals surface area contributed by atoms with E-state index in [9.17, 15) is 0 Å². The average molecular weight is 248 g/mol. The first kappa shape index (κ1) is 11.9. The van der Waals surface area contributed by atoms with Gasteiger partial charge in [0.2, 0.25) is 0 Å². The molecule has 1 aromatic carbocycles. The Kier molecular flexibility index (Phi) is 3.29. The molecule has 88 valence electrons. The van der Waals surface area contributed by atoms with E-state index < -0.39 is 0 Å². The molecule has 0 radical (unpaired) electrons. The van der Waals surface area contributed by atoms with Crippen molar-refractivity contribution in [1.29, 1.82) is 0 Å². The standard InChI is InChI=1S/C13H14ClN3/c1-9-15-12(8-13(14)16-9)10-4-6-11(7-5-10)17(2)3/h4-8H,1-3H3. The molecule has 0 unspecified atom stereocenters. The Morgan fingerprint density at radius 1 is 1.06 bits per heavy atom. The van der Waals surface area contributed by atoms with Gasteiger partial charge in [0.25, 0.3) is 0 Å². The fourth-order valence-corrected chi connectivity index (χ4v) is 1.84. The Morgan fingerprint density at radius 3 is 2.24 bits per heavy atom. The van der Waals surface area contributed by atoms with Crippen LogP contribution in [0.2, 0.25) is 5.15 Å². The molecule has 0 N–H and O–H groups in total. The number of nitrogens with zero attached hydrogens (tertiary/aromatic N) is 3. The van der Waals surface area contributed by atoms with Gasteiger partial charge in [-0.15, -0.1) is 0 Å². The van der Waals surface area contributed by atoms with Crippen molar-refractivity contribution >= 4 is 17.3 Å². The number of benzene rings is 1. The Morgan fingerprint density at radius 2 is 1.71 bits per heavy atom. The molecule has 0 fully saturated rings. The summed E-state index contributed by atoms with van der Waals surface area (Å²) in [4.78, 5) is 10.5. The third-order valence-corrected chi connectivity index (χ3v) is 2.68. The predicted molar refractivity (Wildman–Crippen MR) is 71.5 cm³/mol. The SMILES string of the molecule is Cc1nc(Cl)cc(-c2ccc(N(C)C)cc2)n1. The van der Waals surface area contributed by atoms with E-state index in [1.165, 1.54) is 0 Å². The lowest BCUT2D eigenvalue weighted by Crippen LogP contribution is -2.07. The van der Waals surface area contributed by atoms with Gasteiger partial charge in [0.05, 0.1) is 5.69 Å². The van der Waals surface area contributed by atoms with Crippen LogP contribution in [0.1, 0.15) is 5.82 Å². The summed E-state index contributed by atoms with van der Waals surface area (Å²) in [6.07, 6.45) is 0. The maximum absolute atomic E-state index is 5.92. The van der Waals surface area contributed by atoms with Crippen LogP contribution in [0, 0.1) is 6.92 Å². The van der Waals surface area contributed by atoms with E-state index in [2.05, 4.69) is 27.0 Å². The molecule has 0 saturated carbocycles. The molecule has 0 spiro atoms. The molecular weight excluding hydrogens is 234 g/mol. The van der Waals surface area contributed by atoms with E-state index in [0.717, 1.165) is 16.9 Å². The number of rotatable bonds is 2. The Labute approximate surface area is 106 Å². The van der Waals surface area contributed by atoms with Gasteiger partial charge in [-0.25, -0.2) is 9.97 Å². The first-order chi connectivity index (χ1) is 8.06. The van der Waals surface area contributed by atoms with Gasteiger partial charge in [0.1, 0.15) is 11.0 Å². The second-order valence-electron chi connectivity index (χ2n) is 4.06. The van der Waals surface area contributed by atoms with Crippen molar-refractivity contribution in [2.45, 2.75) is 6.92 Å². The number of hydrogen-bond acceptors (Lipinski definition) is 3. The van der Waals surface area contributed by atoms with Gasteiger partial charge in [-0.3, -0.25) is 0 Å². The van der Waals surface area contributed by atoms with Gasteiger partial charge in [0.15, 0.2) is 0 Å². The number of hydrogen-bond donors (Lipinski definition) is 0. The molecule has 4 heteroatoms. The third kappa shape index (κ3) is 2.74. The average Bonchev–Trinajstić information content (AvgIpc) is 2.28. The molecule has 2 aromatic rings. The van der Waals surface area contributed by atoms with E-state index in [1.807, 2.05) is 33.2 Å². The second kappa shape index (κ2) is 4.72. The summed E-state index contributed by atoms with van der Waals surface area (Å²) in [5.41, 5.74) is 3.06. The first-order valence-electron chi connectivity index (χ1n) is 5.35. The fraction of sp³-hybridized carbons (Fsp3) is 0.231. The van der Waals surface area contributed by atoms with E-state index in [0.29, 0.717) is 11.0 Å². The van der Waals surface area contributed by atoms with Crippen LogP contribution in [0.5, 0.6) is 0 Å². The predicted octanol–water partition coefficient (Wildman–Crippen LogP) is 3.17. The number of halogens is 1. The minimum absolute atomic E-state index is 0.476. The zero-order valence-corrected chi connectivity index (χ0v) is 10.9. The summed E-state index contributed by atoms with van der Waals surface area (Å²) >= 11 is 5.92. The van der Waals surface area contributed by atoms with Crippen molar-refractivity contribution < 1.29 is 0 Å². The molecule has 0 amide bonds. The number of aromatic nitrogens is 2. The largest absolute Gasteiger partial charge is 0.378 e. The maximum Gasteiger partial charge on any atom is 0.133 e. The van der Waals surface area contributed by atoms with Gasteiger partial charge in [0, 0.05) is 31.4 Å². The van der Waals surface area contributed by atoms with Crippen LogP contribution in [0.4, 0.5) is 5.69 Å². The fourth-order valence-electron chi connectivity index (χ4n) is 1.61. The number of aryl methyl sites for hydroxylation is 1. The topological polar surface area (TPSA) is 29.0 Å². The van der Waals surface area contributed by atoms with Gasteiger partial charge >= 0.3 is 0 Å². The molecule has 0 aliphatic rings. The summed E-state index contributed by atoms with van der Waals surface area (Å²) in [5, 5.41) is 0.476. The molecule has 0 aliphatic carbocycles. The van der Waals surface area contributed by atoms with Crippen LogP contribution in [-0.4, -0.2) is 24.1 Å². The van der Waals surface area contributed by atoms with Crippen LogP contribution in [-0.2, 0) is 0 Å². The van der Waals surface area contributed by atoms with Gasteiger partial charge in [-0.1, -0.05) is 23.7 Å². The molecule has 1 heterocycles. The second-order valence-corrected chi connectivity index (χ2v) is 4.45. The summed E-state index contributed by atoms with van der Waals surface area (Å²) in [5.74, 6) is 0.684. The zero-order chi connectivity index (χ0) is 12.4. The molecule has 0 aliphatic heterocycles. The van der Waals surface area contributed by atoms with Crippen molar-refractivity contribution in [2.75, 3.05) is 19.0 Å². The highest BCUT2D eigenvalue weighted by Crippen LogP contribution is 2.22. The Hall–Kier alpha value is -1.61. The van der Waals surface area contributed by atoms with Gasteiger partial charge < -0.3 is 4.90 Å². The molecule has 0 saturated heterocycles. The van der Waals surface area contributed by atoms with E-state index in [4.69, 9.17) is 11.6 Å². The molecule has 0 bridgehead atoms. The van der Waals surface area contributed by atoms with Crippen molar-refractivity contribution in [1.82, 2.24) is 9.97 Å². The summed E-state index contributed by atoms with van der Waals surface area (Å²) < 4.78 is 0. The van der Waals surface area contributed by atoms with E-state index in [-0.39, 0.29) is 0 Å². The Bertz CT molecular complexity index is 500. The third-order valence-electron chi connectivity index (χ3n) is 2.49. The molecule has 17 heavy (non-hydrogen) atoms. The first-order valence-corrected chi connectivity index (χ1v) is 5.73. The summed E-state index contributed by atoms with van der Waals surface area (Å²) in [6.45, 7) is 1.84. The van der Waals surface area contributed by atoms with Crippen molar-refractivity contribution in [2.24, 2.45) is 0 Å². The lowest BCUT2D eigenvalue weighted by atomic mass is 10.1. The van der Waals surface area contributed by atoms with Crippen molar-refractivity contribution in [3.8, 4) is 11.3 Å². The lowest BCUT2D eigenvalue weighted by molar-refractivity contribution is 1.06. The van der Waals surface area contributed by atoms with E-state index in [1.54, 1.807) is 6.07 Å². The lowest BCUT2D eigenvalue weighted by Gasteiger charge is -2.12. The highest BCUT2D eigenvalue weighted by molar-refractivity contribution is 6.29. The Balaban J connectivity index is 2.39. The quantitative estimate of drug-likeness (QED) is 0.764. The highest BCUT2D eigenvalue weighted by atomic mass is 35.5. The molecular formula is C13H14ClN3. The summed E-state index contributed by atoms with van der Waals surface area (Å²) in [7, 11) is 4.03. The van der Waals surface area contributed by atoms with Crippen LogP contribution >= 0.6 is 11.6 Å². The zero-order valence-electron chi connectivity index (χ0n) is 10.1. The normalized spacial score (nSPS) is 10.4. The van der Waals surface area contributed by atoms with Crippen molar-refractivity contribution in [3.63, 3.8) is 0 Å². The minimum atomic E-state index is 0.476. The molecule has 1 aromatic heterocycles. The highest BCUT2D eigenvalue weighted by Gasteiger charge is 2.03. The van der Waals surface area contributed by atoms with Gasteiger partial charge in [-0.2, -0.15) is 0 Å². The smallest absolute Gasteiger partial charge is 0.133 e.